The normalized spacial score (nSPS) is 14.1. The van der Waals surface area contributed by atoms with Gasteiger partial charge in [-0.2, -0.15) is 0 Å². The molecule has 1 aromatic carbocycles. The van der Waals surface area contributed by atoms with Gasteiger partial charge in [0.1, 0.15) is 0 Å². The Labute approximate surface area is 130 Å². The fourth-order valence-electron chi connectivity index (χ4n) is 2.44. The molecule has 0 bridgehead atoms. The van der Waals surface area contributed by atoms with Crippen LogP contribution in [0.1, 0.15) is 31.9 Å². The molecule has 1 aliphatic heterocycles. The molecule has 0 fully saturated rings. The van der Waals surface area contributed by atoms with Crippen molar-refractivity contribution in [2.24, 2.45) is 5.73 Å². The van der Waals surface area contributed by atoms with Crippen LogP contribution in [-0.4, -0.2) is 29.9 Å². The highest BCUT2D eigenvalue weighted by Crippen LogP contribution is 2.33. The van der Waals surface area contributed by atoms with Gasteiger partial charge >= 0.3 is 0 Å². The molecule has 0 spiro atoms. The number of carbonyl (C=O) groups excluding carboxylic acids is 2. The van der Waals surface area contributed by atoms with Crippen molar-refractivity contribution >= 4 is 29.3 Å². The first-order valence-corrected chi connectivity index (χ1v) is 8.24. The van der Waals surface area contributed by atoms with E-state index in [0.717, 1.165) is 18.7 Å². The predicted octanol–water partition coefficient (Wildman–Crippen LogP) is 2.09. The van der Waals surface area contributed by atoms with Crippen molar-refractivity contribution in [3.05, 3.63) is 29.3 Å². The van der Waals surface area contributed by atoms with Crippen molar-refractivity contribution in [1.29, 1.82) is 0 Å². The van der Waals surface area contributed by atoms with E-state index in [1.165, 1.54) is 22.9 Å². The summed E-state index contributed by atoms with van der Waals surface area (Å²) in [6.07, 6.45) is 0.894. The molecule has 2 amide bonds. The van der Waals surface area contributed by atoms with Gasteiger partial charge in [-0.1, -0.05) is 32.9 Å². The number of nitrogens with two attached hydrogens (primary N) is 1. The molecule has 1 aliphatic rings. The number of carbonyl (C=O) groups is 2. The molecule has 2 rings (SSSR count). The van der Waals surface area contributed by atoms with Crippen LogP contribution in [0.25, 0.3) is 0 Å². The molecule has 4 nitrogen and oxygen atoms in total. The molecule has 1 heterocycles. The first-order valence-electron chi connectivity index (χ1n) is 7.09. The molecule has 0 radical (unpaired) electrons. The minimum atomic E-state index is -0.385. The number of amides is 2. The third-order valence-electron chi connectivity index (χ3n) is 3.61. The number of hydrogen-bond donors (Lipinski definition) is 1. The van der Waals surface area contributed by atoms with Crippen LogP contribution in [0.2, 0.25) is 0 Å². The Balaban J connectivity index is 2.08. The molecule has 5 heteroatoms. The molecule has 2 N–H and O–H groups in total. The van der Waals surface area contributed by atoms with Crippen molar-refractivity contribution in [3.63, 3.8) is 0 Å². The quantitative estimate of drug-likeness (QED) is 0.926. The molecule has 0 atom stereocenters. The van der Waals surface area contributed by atoms with E-state index in [2.05, 4.69) is 32.9 Å². The maximum absolute atomic E-state index is 12.2. The Morgan fingerprint density at radius 3 is 2.62 bits per heavy atom. The lowest BCUT2D eigenvalue weighted by Crippen LogP contribution is -2.31. The molecule has 0 saturated heterocycles. The zero-order valence-electron chi connectivity index (χ0n) is 12.8. The summed E-state index contributed by atoms with van der Waals surface area (Å²) in [7, 11) is 0. The Hall–Kier alpha value is -1.49. The Bertz CT molecular complexity index is 564. The van der Waals surface area contributed by atoms with Crippen LogP contribution >= 0.6 is 11.8 Å². The van der Waals surface area contributed by atoms with Crippen molar-refractivity contribution in [2.45, 2.75) is 32.6 Å². The van der Waals surface area contributed by atoms with Gasteiger partial charge in [0.2, 0.25) is 11.8 Å². The van der Waals surface area contributed by atoms with Crippen LogP contribution in [0.5, 0.6) is 0 Å². The van der Waals surface area contributed by atoms with Gasteiger partial charge in [0.15, 0.2) is 0 Å². The topological polar surface area (TPSA) is 63.4 Å². The van der Waals surface area contributed by atoms with E-state index in [-0.39, 0.29) is 23.0 Å². The van der Waals surface area contributed by atoms with Crippen LogP contribution in [0.3, 0.4) is 0 Å². The minimum Gasteiger partial charge on any atom is -0.369 e. The number of fused-ring (bicyclic) bond motifs is 1. The summed E-state index contributed by atoms with van der Waals surface area (Å²) in [6, 6.07) is 6.35. The Morgan fingerprint density at radius 1 is 1.29 bits per heavy atom. The van der Waals surface area contributed by atoms with Crippen molar-refractivity contribution in [1.82, 2.24) is 0 Å². The average Bonchev–Trinajstić information content (AvgIpc) is 2.79. The summed E-state index contributed by atoms with van der Waals surface area (Å²) < 4.78 is 0. The van der Waals surface area contributed by atoms with Crippen molar-refractivity contribution < 1.29 is 9.59 Å². The zero-order chi connectivity index (χ0) is 15.6. The third-order valence-corrected chi connectivity index (χ3v) is 4.55. The van der Waals surface area contributed by atoms with Crippen LogP contribution in [0, 0.1) is 0 Å². The third kappa shape index (κ3) is 3.79. The van der Waals surface area contributed by atoms with E-state index in [1.54, 1.807) is 0 Å². The summed E-state index contributed by atoms with van der Waals surface area (Å²) >= 11 is 1.27. The lowest BCUT2D eigenvalue weighted by atomic mass is 9.86. The summed E-state index contributed by atoms with van der Waals surface area (Å²) in [5, 5.41) is 0. The highest BCUT2D eigenvalue weighted by atomic mass is 32.2. The highest BCUT2D eigenvalue weighted by molar-refractivity contribution is 8.00. The SMILES string of the molecule is CC(C)(C)c1ccc2c(c1)CCN2C(=O)CSCC(N)=O. The molecule has 114 valence electrons. The van der Waals surface area contributed by atoms with Gasteiger partial charge in [0.25, 0.3) is 0 Å². The number of rotatable bonds is 4. The van der Waals surface area contributed by atoms with Crippen LogP contribution in [0.15, 0.2) is 18.2 Å². The average molecular weight is 306 g/mol. The lowest BCUT2D eigenvalue weighted by molar-refractivity contribution is -0.116. The van der Waals surface area contributed by atoms with Crippen LogP contribution in [0.4, 0.5) is 5.69 Å². The van der Waals surface area contributed by atoms with Crippen molar-refractivity contribution in [3.8, 4) is 0 Å². The van der Waals surface area contributed by atoms with Crippen molar-refractivity contribution in [2.75, 3.05) is 23.0 Å². The molecule has 0 aliphatic carbocycles. The monoisotopic (exact) mass is 306 g/mol. The number of primary amides is 1. The van der Waals surface area contributed by atoms with Gasteiger partial charge in [-0.05, 0) is 29.0 Å². The number of nitrogens with zero attached hydrogens (tertiary/aromatic N) is 1. The largest absolute Gasteiger partial charge is 0.369 e. The molecule has 0 unspecified atom stereocenters. The van der Waals surface area contributed by atoms with E-state index in [1.807, 2.05) is 11.0 Å². The van der Waals surface area contributed by atoms with Gasteiger partial charge < -0.3 is 10.6 Å². The van der Waals surface area contributed by atoms with Crippen LogP contribution < -0.4 is 10.6 Å². The van der Waals surface area contributed by atoms with E-state index in [0.29, 0.717) is 5.75 Å². The molecule has 0 aromatic heterocycles. The minimum absolute atomic E-state index is 0.0449. The van der Waals surface area contributed by atoms with E-state index in [4.69, 9.17) is 5.73 Å². The van der Waals surface area contributed by atoms with Gasteiger partial charge in [-0.15, -0.1) is 11.8 Å². The smallest absolute Gasteiger partial charge is 0.237 e. The fourth-order valence-corrected chi connectivity index (χ4v) is 3.08. The first-order chi connectivity index (χ1) is 9.79. The Kier molecular flexibility index (Phi) is 4.61. The predicted molar refractivity (Wildman–Crippen MR) is 87.7 cm³/mol. The molecule has 21 heavy (non-hydrogen) atoms. The molecular formula is C16H22N2O2S. The number of hydrogen-bond acceptors (Lipinski definition) is 3. The number of thioether (sulfide) groups is 1. The summed E-state index contributed by atoms with van der Waals surface area (Å²) in [4.78, 5) is 24.7. The first kappa shape index (κ1) is 15.9. The summed E-state index contributed by atoms with van der Waals surface area (Å²) in [6.45, 7) is 7.28. The second kappa shape index (κ2) is 6.10. The van der Waals surface area contributed by atoms with Gasteiger partial charge in [0, 0.05) is 12.2 Å². The number of benzene rings is 1. The molecule has 1 aromatic rings. The lowest BCUT2D eigenvalue weighted by Gasteiger charge is -2.21. The molecular weight excluding hydrogens is 284 g/mol. The maximum Gasteiger partial charge on any atom is 0.237 e. The van der Waals surface area contributed by atoms with E-state index < -0.39 is 0 Å². The van der Waals surface area contributed by atoms with E-state index in [9.17, 15) is 9.59 Å². The summed E-state index contributed by atoms with van der Waals surface area (Å²) in [5.74, 6) is 0.145. The van der Waals surface area contributed by atoms with Gasteiger partial charge in [0.05, 0.1) is 11.5 Å². The van der Waals surface area contributed by atoms with Gasteiger partial charge in [-0.25, -0.2) is 0 Å². The maximum atomic E-state index is 12.2. The van der Waals surface area contributed by atoms with Gasteiger partial charge in [-0.3, -0.25) is 9.59 Å². The highest BCUT2D eigenvalue weighted by Gasteiger charge is 2.26. The fraction of sp³-hybridized carbons (Fsp3) is 0.500. The van der Waals surface area contributed by atoms with Crippen LogP contribution in [-0.2, 0) is 21.4 Å². The molecule has 0 saturated carbocycles. The van der Waals surface area contributed by atoms with E-state index >= 15 is 0 Å². The number of anilines is 1. The second-order valence-electron chi connectivity index (χ2n) is 6.35. The Morgan fingerprint density at radius 2 is 2.00 bits per heavy atom. The second-order valence-corrected chi connectivity index (χ2v) is 7.33. The standard InChI is InChI=1S/C16H22N2O2S/c1-16(2,3)12-4-5-13-11(8-12)6-7-18(13)15(20)10-21-9-14(17)19/h4-5,8H,6-7,9-10H2,1-3H3,(H2,17,19). The summed E-state index contributed by atoms with van der Waals surface area (Å²) in [5.41, 5.74) is 8.73. The zero-order valence-corrected chi connectivity index (χ0v) is 13.6.